The second kappa shape index (κ2) is 10.7. The van der Waals surface area contributed by atoms with Crippen LogP contribution in [-0.2, 0) is 6.54 Å². The Bertz CT molecular complexity index is 1410. The van der Waals surface area contributed by atoms with Crippen molar-refractivity contribution in [2.45, 2.75) is 33.7 Å². The highest BCUT2D eigenvalue weighted by Crippen LogP contribution is 2.26. The Balaban J connectivity index is 1.52. The molecule has 178 valence electrons. The minimum Gasteiger partial charge on any atom is -0.350 e. The van der Waals surface area contributed by atoms with E-state index < -0.39 is 0 Å². The first-order valence-electron chi connectivity index (χ1n) is 11.4. The molecule has 4 aromatic rings. The summed E-state index contributed by atoms with van der Waals surface area (Å²) >= 11 is 0. The van der Waals surface area contributed by atoms with Crippen molar-refractivity contribution in [3.05, 3.63) is 89.1 Å². The highest BCUT2D eigenvalue weighted by atomic mass is 19.1. The Morgan fingerprint density at radius 3 is 2.71 bits per heavy atom. The number of aryl methyl sites for hydroxylation is 1. The lowest BCUT2D eigenvalue weighted by molar-refractivity contribution is 0.0946. The van der Waals surface area contributed by atoms with Gasteiger partial charge in [-0.15, -0.1) is 0 Å². The maximum Gasteiger partial charge on any atom is 0.267 e. The second-order valence-corrected chi connectivity index (χ2v) is 8.03. The van der Waals surface area contributed by atoms with Crippen molar-refractivity contribution >= 4 is 40.4 Å². The van der Waals surface area contributed by atoms with Gasteiger partial charge in [-0.25, -0.2) is 14.4 Å². The number of aliphatic imine (C=N–C) groups is 1. The number of H-pyrrole nitrogens is 1. The SMILES string of the molecule is C/C=C(\N=CCC)c1ccnc(Nc2cc(C)c3[nH]c(C(=O)NCc4ccc(F)cc4)cc3c2)n1. The van der Waals surface area contributed by atoms with E-state index in [1.54, 1.807) is 18.3 Å². The number of aromatic amines is 1. The normalized spacial score (nSPS) is 11.8. The monoisotopic (exact) mass is 470 g/mol. The Labute approximate surface area is 203 Å². The summed E-state index contributed by atoms with van der Waals surface area (Å²) in [4.78, 5) is 29.3. The van der Waals surface area contributed by atoms with Crippen LogP contribution in [0.25, 0.3) is 16.6 Å². The Morgan fingerprint density at radius 2 is 1.97 bits per heavy atom. The molecule has 0 atom stereocenters. The molecule has 2 heterocycles. The minimum atomic E-state index is -0.306. The Kier molecular flexibility index (Phi) is 7.30. The van der Waals surface area contributed by atoms with Crippen LogP contribution in [0.4, 0.5) is 16.0 Å². The van der Waals surface area contributed by atoms with Crippen molar-refractivity contribution in [2.24, 2.45) is 4.99 Å². The van der Waals surface area contributed by atoms with Gasteiger partial charge in [-0.3, -0.25) is 9.79 Å². The predicted octanol–water partition coefficient (Wildman–Crippen LogP) is 5.92. The van der Waals surface area contributed by atoms with Crippen LogP contribution < -0.4 is 10.6 Å². The highest BCUT2D eigenvalue weighted by Gasteiger charge is 2.12. The van der Waals surface area contributed by atoms with Crippen LogP contribution in [-0.4, -0.2) is 27.1 Å². The average Bonchev–Trinajstić information content (AvgIpc) is 3.29. The molecule has 3 N–H and O–H groups in total. The van der Waals surface area contributed by atoms with Gasteiger partial charge in [0.2, 0.25) is 5.95 Å². The van der Waals surface area contributed by atoms with Crippen molar-refractivity contribution in [3.63, 3.8) is 0 Å². The second-order valence-electron chi connectivity index (χ2n) is 8.03. The number of hydrogen-bond acceptors (Lipinski definition) is 5. The van der Waals surface area contributed by atoms with Crippen LogP contribution in [0.1, 0.15) is 47.6 Å². The van der Waals surface area contributed by atoms with Gasteiger partial charge in [-0.2, -0.15) is 0 Å². The third-order valence-corrected chi connectivity index (χ3v) is 5.40. The van der Waals surface area contributed by atoms with Gasteiger partial charge >= 0.3 is 0 Å². The molecule has 2 aromatic carbocycles. The zero-order valence-electron chi connectivity index (χ0n) is 19.9. The molecule has 35 heavy (non-hydrogen) atoms. The molecule has 4 rings (SSSR count). The molecular formula is C27H27FN6O. The quantitative estimate of drug-likeness (QED) is 0.279. The topological polar surface area (TPSA) is 95.1 Å². The zero-order valence-corrected chi connectivity index (χ0v) is 19.9. The Hall–Kier alpha value is -4.33. The first kappa shape index (κ1) is 23.8. The van der Waals surface area contributed by atoms with E-state index in [1.807, 2.05) is 57.3 Å². The van der Waals surface area contributed by atoms with Gasteiger partial charge in [-0.05, 0) is 67.8 Å². The Morgan fingerprint density at radius 1 is 1.17 bits per heavy atom. The molecule has 8 heteroatoms. The van der Waals surface area contributed by atoms with Gasteiger partial charge in [0, 0.05) is 35.5 Å². The highest BCUT2D eigenvalue weighted by molar-refractivity contribution is 5.99. The van der Waals surface area contributed by atoms with Crippen LogP contribution in [0.2, 0.25) is 0 Å². The lowest BCUT2D eigenvalue weighted by atomic mass is 10.1. The van der Waals surface area contributed by atoms with Crippen molar-refractivity contribution in [1.29, 1.82) is 0 Å². The van der Waals surface area contributed by atoms with Crippen molar-refractivity contribution in [3.8, 4) is 0 Å². The minimum absolute atomic E-state index is 0.234. The van der Waals surface area contributed by atoms with E-state index in [-0.39, 0.29) is 11.7 Å². The number of benzene rings is 2. The lowest BCUT2D eigenvalue weighted by Crippen LogP contribution is -2.23. The van der Waals surface area contributed by atoms with Gasteiger partial charge in [0.25, 0.3) is 5.91 Å². The maximum atomic E-state index is 13.1. The number of nitrogens with one attached hydrogen (secondary N) is 3. The van der Waals surface area contributed by atoms with E-state index in [2.05, 4.69) is 30.6 Å². The molecule has 0 radical (unpaired) electrons. The summed E-state index contributed by atoms with van der Waals surface area (Å²) in [5.41, 5.74) is 5.45. The molecular weight excluding hydrogens is 443 g/mol. The third-order valence-electron chi connectivity index (χ3n) is 5.40. The zero-order chi connectivity index (χ0) is 24.8. The predicted molar refractivity (Wildman–Crippen MR) is 138 cm³/mol. The summed E-state index contributed by atoms with van der Waals surface area (Å²) in [5.74, 6) is -0.0814. The maximum absolute atomic E-state index is 13.1. The van der Waals surface area contributed by atoms with E-state index in [4.69, 9.17) is 0 Å². The number of carbonyl (C=O) groups excluding carboxylic acids is 1. The van der Waals surface area contributed by atoms with Gasteiger partial charge in [0.15, 0.2) is 0 Å². The number of aromatic nitrogens is 3. The van der Waals surface area contributed by atoms with Crippen LogP contribution in [0.15, 0.2) is 65.8 Å². The number of nitrogens with zero attached hydrogens (tertiary/aromatic N) is 3. The summed E-state index contributed by atoms with van der Waals surface area (Å²) in [6.07, 6.45) is 6.30. The van der Waals surface area contributed by atoms with E-state index in [0.717, 1.165) is 45.5 Å². The molecule has 0 unspecified atom stereocenters. The standard InChI is InChI=1S/C27H27FN6O/c1-4-11-29-22(5-2)23-10-12-30-27(34-23)32-21-13-17(3)25-19(14-21)15-24(33-25)26(35)31-16-18-6-8-20(28)9-7-18/h5-15,33H,4,16H2,1-3H3,(H,31,35)(H,30,32,34)/b22-5-,29-11?. The fraction of sp³-hybridized carbons (Fsp3) is 0.185. The number of amides is 1. The molecule has 2 aromatic heterocycles. The summed E-state index contributed by atoms with van der Waals surface area (Å²) in [5, 5.41) is 7.00. The molecule has 0 spiro atoms. The molecule has 0 aliphatic heterocycles. The summed E-state index contributed by atoms with van der Waals surface area (Å²) in [6.45, 7) is 6.24. The van der Waals surface area contributed by atoms with Gasteiger partial charge in [0.05, 0.1) is 11.4 Å². The van der Waals surface area contributed by atoms with E-state index in [1.165, 1.54) is 12.1 Å². The average molecular weight is 471 g/mol. The molecule has 0 bridgehead atoms. The third kappa shape index (κ3) is 5.78. The number of fused-ring (bicyclic) bond motifs is 1. The smallest absolute Gasteiger partial charge is 0.267 e. The number of halogens is 1. The first-order chi connectivity index (χ1) is 17.0. The molecule has 1 amide bonds. The van der Waals surface area contributed by atoms with E-state index in [9.17, 15) is 9.18 Å². The van der Waals surface area contributed by atoms with E-state index >= 15 is 0 Å². The number of rotatable bonds is 8. The van der Waals surface area contributed by atoms with Gasteiger partial charge < -0.3 is 15.6 Å². The fourth-order valence-corrected chi connectivity index (χ4v) is 3.67. The summed E-state index contributed by atoms with van der Waals surface area (Å²) in [7, 11) is 0. The number of anilines is 2. The number of hydrogen-bond donors (Lipinski definition) is 3. The van der Waals surface area contributed by atoms with Crippen molar-refractivity contribution in [2.75, 3.05) is 5.32 Å². The van der Waals surface area contributed by atoms with Gasteiger partial charge in [0.1, 0.15) is 11.5 Å². The fourth-order valence-electron chi connectivity index (χ4n) is 3.67. The van der Waals surface area contributed by atoms with Crippen LogP contribution in [0.3, 0.4) is 0 Å². The van der Waals surface area contributed by atoms with Crippen LogP contribution in [0, 0.1) is 12.7 Å². The van der Waals surface area contributed by atoms with Gasteiger partial charge in [-0.1, -0.05) is 25.1 Å². The summed E-state index contributed by atoms with van der Waals surface area (Å²) in [6, 6.07) is 13.6. The molecule has 0 saturated heterocycles. The van der Waals surface area contributed by atoms with Crippen molar-refractivity contribution in [1.82, 2.24) is 20.3 Å². The van der Waals surface area contributed by atoms with Crippen LogP contribution >= 0.6 is 0 Å². The lowest BCUT2D eigenvalue weighted by Gasteiger charge is -2.08. The van der Waals surface area contributed by atoms with E-state index in [0.29, 0.717) is 18.2 Å². The van der Waals surface area contributed by atoms with Crippen LogP contribution in [0.5, 0.6) is 0 Å². The molecule has 0 saturated carbocycles. The number of carbonyl (C=O) groups is 1. The molecule has 0 fully saturated rings. The largest absolute Gasteiger partial charge is 0.350 e. The summed E-state index contributed by atoms with van der Waals surface area (Å²) < 4.78 is 13.1. The number of allylic oxidation sites excluding steroid dienone is 1. The first-order valence-corrected chi connectivity index (χ1v) is 11.4. The molecule has 7 nitrogen and oxygen atoms in total. The molecule has 0 aliphatic rings. The van der Waals surface area contributed by atoms with Crippen molar-refractivity contribution < 1.29 is 9.18 Å². The molecule has 0 aliphatic carbocycles.